The standard InChI is InChI=1S/C18H12N2O3S/c21-17(11-6-13-4-2-1-3-5-13)18-19-16(12-24-18)14-7-9-15(10-8-14)20(22)23/h1-12H. The van der Waals surface area contributed by atoms with E-state index in [0.717, 1.165) is 11.1 Å². The number of nitro benzene ring substituents is 1. The summed E-state index contributed by atoms with van der Waals surface area (Å²) in [5, 5.41) is 12.8. The molecule has 0 aliphatic heterocycles. The number of aromatic nitrogens is 1. The molecule has 3 aromatic rings. The van der Waals surface area contributed by atoms with Gasteiger partial charge in [0.15, 0.2) is 5.01 Å². The minimum atomic E-state index is -0.450. The van der Waals surface area contributed by atoms with Crippen molar-refractivity contribution in [1.29, 1.82) is 0 Å². The molecular weight excluding hydrogens is 324 g/mol. The predicted octanol–water partition coefficient (Wildman–Crippen LogP) is 4.61. The molecule has 24 heavy (non-hydrogen) atoms. The number of carbonyl (C=O) groups is 1. The van der Waals surface area contributed by atoms with Crippen molar-refractivity contribution in [2.75, 3.05) is 0 Å². The molecule has 6 heteroatoms. The Morgan fingerprint density at radius 3 is 2.46 bits per heavy atom. The number of non-ortho nitro benzene ring substituents is 1. The Morgan fingerprint density at radius 2 is 1.79 bits per heavy atom. The van der Waals surface area contributed by atoms with Gasteiger partial charge in [0.2, 0.25) is 5.78 Å². The molecule has 0 aliphatic rings. The van der Waals surface area contributed by atoms with Crippen LogP contribution in [-0.4, -0.2) is 15.7 Å². The maximum Gasteiger partial charge on any atom is 0.269 e. The van der Waals surface area contributed by atoms with Gasteiger partial charge in [0.05, 0.1) is 10.6 Å². The van der Waals surface area contributed by atoms with E-state index in [0.29, 0.717) is 10.7 Å². The van der Waals surface area contributed by atoms with E-state index in [1.165, 1.54) is 29.5 Å². The maximum absolute atomic E-state index is 12.2. The molecule has 0 aliphatic carbocycles. The van der Waals surface area contributed by atoms with E-state index >= 15 is 0 Å². The molecule has 0 spiro atoms. The highest BCUT2D eigenvalue weighted by Gasteiger charge is 2.11. The topological polar surface area (TPSA) is 73.1 Å². The molecule has 0 saturated carbocycles. The number of rotatable bonds is 5. The van der Waals surface area contributed by atoms with Gasteiger partial charge < -0.3 is 0 Å². The normalized spacial score (nSPS) is 10.8. The predicted molar refractivity (Wildman–Crippen MR) is 94.0 cm³/mol. The van der Waals surface area contributed by atoms with Crippen LogP contribution in [0, 0.1) is 10.1 Å². The lowest BCUT2D eigenvalue weighted by molar-refractivity contribution is -0.384. The highest BCUT2D eigenvalue weighted by Crippen LogP contribution is 2.24. The van der Waals surface area contributed by atoms with Crippen molar-refractivity contribution in [3.63, 3.8) is 0 Å². The Hall–Kier alpha value is -3.12. The molecule has 0 N–H and O–H groups in total. The van der Waals surface area contributed by atoms with Crippen LogP contribution in [0.15, 0.2) is 66.1 Å². The third kappa shape index (κ3) is 3.61. The summed E-state index contributed by atoms with van der Waals surface area (Å²) in [6.07, 6.45) is 3.24. The van der Waals surface area contributed by atoms with Crippen molar-refractivity contribution >= 4 is 28.9 Å². The van der Waals surface area contributed by atoms with Gasteiger partial charge in [-0.25, -0.2) is 4.98 Å². The Balaban J connectivity index is 1.76. The molecule has 1 heterocycles. The van der Waals surface area contributed by atoms with Crippen molar-refractivity contribution in [3.05, 3.63) is 86.7 Å². The van der Waals surface area contributed by atoms with Crippen molar-refractivity contribution in [1.82, 2.24) is 4.98 Å². The first-order valence-electron chi connectivity index (χ1n) is 7.11. The minimum absolute atomic E-state index is 0.0241. The van der Waals surface area contributed by atoms with Crippen LogP contribution >= 0.6 is 11.3 Å². The third-order valence-corrected chi connectivity index (χ3v) is 4.17. The quantitative estimate of drug-likeness (QED) is 0.295. The smallest absolute Gasteiger partial charge is 0.269 e. The molecule has 1 aromatic heterocycles. The van der Waals surface area contributed by atoms with Gasteiger partial charge in [-0.3, -0.25) is 14.9 Å². The second-order valence-electron chi connectivity index (χ2n) is 4.95. The first kappa shape index (κ1) is 15.8. The molecule has 2 aromatic carbocycles. The Labute approximate surface area is 142 Å². The number of benzene rings is 2. The molecule has 0 amide bonds. The van der Waals surface area contributed by atoms with Gasteiger partial charge in [-0.1, -0.05) is 36.4 Å². The lowest BCUT2D eigenvalue weighted by Crippen LogP contribution is -1.93. The van der Waals surface area contributed by atoms with Gasteiger partial charge in [0.25, 0.3) is 5.69 Å². The molecule has 0 atom stereocenters. The molecular formula is C18H12N2O3S. The molecule has 0 unspecified atom stereocenters. The monoisotopic (exact) mass is 336 g/mol. The largest absolute Gasteiger partial charge is 0.287 e. The van der Waals surface area contributed by atoms with E-state index in [4.69, 9.17) is 0 Å². The maximum atomic E-state index is 12.2. The lowest BCUT2D eigenvalue weighted by Gasteiger charge is -1.96. The summed E-state index contributed by atoms with van der Waals surface area (Å²) in [6.45, 7) is 0. The van der Waals surface area contributed by atoms with E-state index in [1.807, 2.05) is 30.3 Å². The lowest BCUT2D eigenvalue weighted by atomic mass is 10.1. The molecule has 3 rings (SSSR count). The van der Waals surface area contributed by atoms with Gasteiger partial charge in [-0.15, -0.1) is 11.3 Å². The molecule has 0 radical (unpaired) electrons. The summed E-state index contributed by atoms with van der Waals surface area (Å²) in [4.78, 5) is 26.7. The zero-order chi connectivity index (χ0) is 16.9. The van der Waals surface area contributed by atoms with Crippen molar-refractivity contribution in [2.24, 2.45) is 0 Å². The molecule has 0 saturated heterocycles. The zero-order valence-corrected chi connectivity index (χ0v) is 13.3. The second-order valence-corrected chi connectivity index (χ2v) is 5.81. The van der Waals surface area contributed by atoms with Gasteiger partial charge >= 0.3 is 0 Å². The van der Waals surface area contributed by atoms with E-state index in [1.54, 1.807) is 23.6 Å². The third-order valence-electron chi connectivity index (χ3n) is 3.32. The number of nitro groups is 1. The summed E-state index contributed by atoms with van der Waals surface area (Å²) in [5.41, 5.74) is 2.34. The SMILES string of the molecule is O=C(C=Cc1ccccc1)c1nc(-c2ccc([N+](=O)[O-])cc2)cs1. The highest BCUT2D eigenvalue weighted by atomic mass is 32.1. The average Bonchev–Trinajstić information content (AvgIpc) is 3.11. The first-order chi connectivity index (χ1) is 11.6. The van der Waals surface area contributed by atoms with Gasteiger partial charge in [0, 0.05) is 23.1 Å². The number of hydrogen-bond acceptors (Lipinski definition) is 5. The number of hydrogen-bond donors (Lipinski definition) is 0. The van der Waals surface area contributed by atoms with Crippen LogP contribution in [-0.2, 0) is 0 Å². The van der Waals surface area contributed by atoms with Crippen LogP contribution in [0.3, 0.4) is 0 Å². The average molecular weight is 336 g/mol. The van der Waals surface area contributed by atoms with Crippen molar-refractivity contribution in [2.45, 2.75) is 0 Å². The summed E-state index contributed by atoms with van der Waals surface area (Å²) in [6, 6.07) is 15.6. The summed E-state index contributed by atoms with van der Waals surface area (Å²) < 4.78 is 0. The number of ketones is 1. The Bertz CT molecular complexity index is 900. The number of allylic oxidation sites excluding steroid dienone is 1. The second kappa shape index (κ2) is 6.97. The number of carbonyl (C=O) groups excluding carboxylic acids is 1. The van der Waals surface area contributed by atoms with E-state index in [9.17, 15) is 14.9 Å². The van der Waals surface area contributed by atoms with Crippen LogP contribution in [0.5, 0.6) is 0 Å². The fourth-order valence-electron chi connectivity index (χ4n) is 2.08. The molecule has 5 nitrogen and oxygen atoms in total. The van der Waals surface area contributed by atoms with E-state index < -0.39 is 4.92 Å². The minimum Gasteiger partial charge on any atom is -0.287 e. The number of nitrogens with zero attached hydrogens (tertiary/aromatic N) is 2. The Kier molecular flexibility index (Phi) is 4.58. The fraction of sp³-hybridized carbons (Fsp3) is 0. The fourth-order valence-corrected chi connectivity index (χ4v) is 2.83. The van der Waals surface area contributed by atoms with Crippen LogP contribution < -0.4 is 0 Å². The first-order valence-corrected chi connectivity index (χ1v) is 7.99. The Morgan fingerprint density at radius 1 is 1.08 bits per heavy atom. The summed E-state index contributed by atoms with van der Waals surface area (Å²) in [5.74, 6) is -0.169. The summed E-state index contributed by atoms with van der Waals surface area (Å²) >= 11 is 1.25. The zero-order valence-electron chi connectivity index (χ0n) is 12.5. The van der Waals surface area contributed by atoms with Crippen molar-refractivity contribution < 1.29 is 9.72 Å². The summed E-state index contributed by atoms with van der Waals surface area (Å²) in [7, 11) is 0. The van der Waals surface area contributed by atoms with Gasteiger partial charge in [-0.2, -0.15) is 0 Å². The van der Waals surface area contributed by atoms with Crippen LogP contribution in [0.4, 0.5) is 5.69 Å². The number of thiazole rings is 1. The molecule has 118 valence electrons. The van der Waals surface area contributed by atoms with Crippen LogP contribution in [0.2, 0.25) is 0 Å². The molecule has 0 bridgehead atoms. The molecule has 0 fully saturated rings. The van der Waals surface area contributed by atoms with Crippen LogP contribution in [0.25, 0.3) is 17.3 Å². The van der Waals surface area contributed by atoms with Crippen LogP contribution in [0.1, 0.15) is 15.4 Å². The van der Waals surface area contributed by atoms with Gasteiger partial charge in [0.1, 0.15) is 0 Å². The highest BCUT2D eigenvalue weighted by molar-refractivity contribution is 7.12. The van der Waals surface area contributed by atoms with Crippen molar-refractivity contribution in [3.8, 4) is 11.3 Å². The van der Waals surface area contributed by atoms with Gasteiger partial charge in [-0.05, 0) is 23.8 Å². The van der Waals surface area contributed by atoms with E-state index in [2.05, 4.69) is 4.98 Å². The van der Waals surface area contributed by atoms with E-state index in [-0.39, 0.29) is 11.5 Å².